The molecule has 8 heteroatoms. The number of nitrogens with one attached hydrogen (secondary N) is 1. The van der Waals surface area contributed by atoms with Crippen LogP contribution in [0.5, 0.6) is 5.88 Å². The fourth-order valence-electron chi connectivity index (χ4n) is 2.01. The molecular weight excluding hydrogens is 299 g/mol. The van der Waals surface area contributed by atoms with E-state index in [9.17, 15) is 4.39 Å². The third-order valence-electron chi connectivity index (χ3n) is 3.01. The molecule has 0 aliphatic heterocycles. The van der Waals surface area contributed by atoms with E-state index in [0.29, 0.717) is 47.5 Å². The maximum Gasteiger partial charge on any atom is 0.247 e. The Balaban J connectivity index is 2.12. The van der Waals surface area contributed by atoms with E-state index in [1.807, 2.05) is 13.8 Å². The molecule has 1 aromatic carbocycles. The molecule has 0 radical (unpaired) electrons. The molecule has 0 aliphatic carbocycles. The van der Waals surface area contributed by atoms with Gasteiger partial charge in [-0.15, -0.1) is 10.2 Å². The summed E-state index contributed by atoms with van der Waals surface area (Å²) in [4.78, 5) is 13.0. The largest absolute Gasteiger partial charge is 0.476 e. The predicted molar refractivity (Wildman–Crippen MR) is 83.6 cm³/mol. The zero-order valence-electron chi connectivity index (χ0n) is 12.7. The van der Waals surface area contributed by atoms with Gasteiger partial charge in [-0.1, -0.05) is 0 Å². The first-order chi connectivity index (χ1) is 11.2. The minimum atomic E-state index is -0.323. The summed E-state index contributed by atoms with van der Waals surface area (Å²) in [7, 11) is 0. The molecule has 0 bridgehead atoms. The van der Waals surface area contributed by atoms with Crippen LogP contribution in [0, 0.1) is 5.82 Å². The summed E-state index contributed by atoms with van der Waals surface area (Å²) in [6, 6.07) is 5.87. The molecule has 0 atom stereocenters. The smallest absolute Gasteiger partial charge is 0.247 e. The fourth-order valence-corrected chi connectivity index (χ4v) is 2.01. The van der Waals surface area contributed by atoms with Crippen LogP contribution in [-0.2, 0) is 0 Å². The van der Waals surface area contributed by atoms with Crippen LogP contribution in [-0.4, -0.2) is 38.3 Å². The minimum absolute atomic E-state index is 0.323. The van der Waals surface area contributed by atoms with Gasteiger partial charge < -0.3 is 10.1 Å². The summed E-state index contributed by atoms with van der Waals surface area (Å²) in [6.45, 7) is 4.91. The van der Waals surface area contributed by atoms with Crippen molar-refractivity contribution in [1.82, 2.24) is 25.1 Å². The highest BCUT2D eigenvalue weighted by Gasteiger charge is 2.14. The van der Waals surface area contributed by atoms with Gasteiger partial charge in [-0.05, 0) is 38.1 Å². The number of halogens is 1. The van der Waals surface area contributed by atoms with Gasteiger partial charge in [0.25, 0.3) is 0 Å². The van der Waals surface area contributed by atoms with Crippen molar-refractivity contribution in [3.8, 4) is 17.3 Å². The molecule has 2 aromatic heterocycles. The molecule has 0 spiro atoms. The number of aromatic nitrogens is 5. The summed E-state index contributed by atoms with van der Waals surface area (Å²) < 4.78 is 18.6. The standard InChI is InChI=1S/C15H15FN6O/c1-3-17-15-19-13-11(14(20-15)23-4-2)18-12(21-22-13)9-5-7-10(16)8-6-9/h5-8H,3-4H2,1-2H3,(H,17,19,20,22). The van der Waals surface area contributed by atoms with Gasteiger partial charge in [0.15, 0.2) is 11.3 Å². The van der Waals surface area contributed by atoms with Crippen molar-refractivity contribution >= 4 is 17.1 Å². The SMILES string of the molecule is CCNc1nc(OCC)c2nc(-c3ccc(F)cc3)nnc2n1. The summed E-state index contributed by atoms with van der Waals surface area (Å²) in [5.74, 6) is 0.787. The molecule has 3 rings (SSSR count). The Morgan fingerprint density at radius 1 is 1.04 bits per heavy atom. The van der Waals surface area contributed by atoms with Crippen molar-refractivity contribution in [2.24, 2.45) is 0 Å². The van der Waals surface area contributed by atoms with Crippen molar-refractivity contribution < 1.29 is 9.13 Å². The Morgan fingerprint density at radius 3 is 2.52 bits per heavy atom. The van der Waals surface area contributed by atoms with Crippen molar-refractivity contribution in [3.05, 3.63) is 30.1 Å². The number of fused-ring (bicyclic) bond motifs is 1. The number of hydrogen-bond donors (Lipinski definition) is 1. The Hall–Kier alpha value is -2.90. The van der Waals surface area contributed by atoms with E-state index < -0.39 is 0 Å². The third kappa shape index (κ3) is 3.15. The second-order valence-corrected chi connectivity index (χ2v) is 4.63. The van der Waals surface area contributed by atoms with Crippen LogP contribution >= 0.6 is 0 Å². The molecule has 7 nitrogen and oxygen atoms in total. The van der Waals surface area contributed by atoms with Gasteiger partial charge in [-0.2, -0.15) is 9.97 Å². The lowest BCUT2D eigenvalue weighted by Gasteiger charge is -2.08. The third-order valence-corrected chi connectivity index (χ3v) is 3.01. The van der Waals surface area contributed by atoms with Crippen molar-refractivity contribution in [2.45, 2.75) is 13.8 Å². The minimum Gasteiger partial charge on any atom is -0.476 e. The molecule has 0 unspecified atom stereocenters. The molecule has 0 saturated heterocycles. The predicted octanol–water partition coefficient (Wildman–Crippen LogP) is 2.45. The number of benzene rings is 1. The first-order valence-electron chi connectivity index (χ1n) is 7.26. The van der Waals surface area contributed by atoms with Crippen LogP contribution in [0.4, 0.5) is 10.3 Å². The molecule has 118 valence electrons. The molecule has 23 heavy (non-hydrogen) atoms. The van der Waals surface area contributed by atoms with Crippen LogP contribution in [0.3, 0.4) is 0 Å². The van der Waals surface area contributed by atoms with E-state index in [0.717, 1.165) is 0 Å². The van der Waals surface area contributed by atoms with E-state index in [1.165, 1.54) is 12.1 Å². The molecule has 0 amide bonds. The molecular formula is C15H15FN6O. The molecule has 1 N–H and O–H groups in total. The van der Waals surface area contributed by atoms with Gasteiger partial charge in [0.1, 0.15) is 5.82 Å². The highest BCUT2D eigenvalue weighted by Crippen LogP contribution is 2.23. The van der Waals surface area contributed by atoms with Crippen LogP contribution in [0.15, 0.2) is 24.3 Å². The zero-order chi connectivity index (χ0) is 16.2. The monoisotopic (exact) mass is 314 g/mol. The van der Waals surface area contributed by atoms with Crippen LogP contribution < -0.4 is 10.1 Å². The Morgan fingerprint density at radius 2 is 1.83 bits per heavy atom. The van der Waals surface area contributed by atoms with Gasteiger partial charge >= 0.3 is 0 Å². The summed E-state index contributed by atoms with van der Waals surface area (Å²) in [5.41, 5.74) is 1.41. The van der Waals surface area contributed by atoms with Gasteiger partial charge in [0, 0.05) is 12.1 Å². The second-order valence-electron chi connectivity index (χ2n) is 4.63. The molecule has 0 aliphatic rings. The van der Waals surface area contributed by atoms with Gasteiger partial charge in [-0.3, -0.25) is 0 Å². The van der Waals surface area contributed by atoms with Gasteiger partial charge in [-0.25, -0.2) is 9.37 Å². The van der Waals surface area contributed by atoms with Crippen molar-refractivity contribution in [3.63, 3.8) is 0 Å². The van der Waals surface area contributed by atoms with Crippen LogP contribution in [0.2, 0.25) is 0 Å². The first-order valence-corrected chi connectivity index (χ1v) is 7.26. The number of rotatable bonds is 5. The van der Waals surface area contributed by atoms with Crippen LogP contribution in [0.25, 0.3) is 22.6 Å². The fraction of sp³-hybridized carbons (Fsp3) is 0.267. The van der Waals surface area contributed by atoms with E-state index >= 15 is 0 Å². The van der Waals surface area contributed by atoms with E-state index in [4.69, 9.17) is 4.74 Å². The molecule has 3 aromatic rings. The van der Waals surface area contributed by atoms with Crippen LogP contribution in [0.1, 0.15) is 13.8 Å². The van der Waals surface area contributed by atoms with Crippen molar-refractivity contribution in [1.29, 1.82) is 0 Å². The van der Waals surface area contributed by atoms with E-state index in [1.54, 1.807) is 12.1 Å². The van der Waals surface area contributed by atoms with E-state index in [2.05, 4.69) is 30.5 Å². The number of nitrogens with zero attached hydrogens (tertiary/aromatic N) is 5. The summed E-state index contributed by atoms with van der Waals surface area (Å²) in [6.07, 6.45) is 0. The molecule has 0 saturated carbocycles. The lowest BCUT2D eigenvalue weighted by atomic mass is 10.2. The Bertz CT molecular complexity index is 824. The number of hydrogen-bond acceptors (Lipinski definition) is 7. The molecule has 2 heterocycles. The Labute approximate surface area is 132 Å². The zero-order valence-corrected chi connectivity index (χ0v) is 12.7. The van der Waals surface area contributed by atoms with Gasteiger partial charge in [0.2, 0.25) is 17.5 Å². The molecule has 0 fully saturated rings. The Kier molecular flexibility index (Phi) is 4.22. The maximum atomic E-state index is 13.0. The average Bonchev–Trinajstić information content (AvgIpc) is 2.56. The van der Waals surface area contributed by atoms with E-state index in [-0.39, 0.29) is 5.82 Å². The summed E-state index contributed by atoms with van der Waals surface area (Å²) in [5, 5.41) is 11.2. The number of anilines is 1. The lowest BCUT2D eigenvalue weighted by Crippen LogP contribution is -2.07. The average molecular weight is 314 g/mol. The second kappa shape index (κ2) is 6.47. The quantitative estimate of drug-likeness (QED) is 0.774. The lowest BCUT2D eigenvalue weighted by molar-refractivity contribution is 0.330. The highest BCUT2D eigenvalue weighted by atomic mass is 19.1. The van der Waals surface area contributed by atoms with Crippen molar-refractivity contribution in [2.75, 3.05) is 18.5 Å². The topological polar surface area (TPSA) is 85.7 Å². The highest BCUT2D eigenvalue weighted by molar-refractivity contribution is 5.78. The maximum absolute atomic E-state index is 13.0. The first kappa shape index (κ1) is 15.0. The van der Waals surface area contributed by atoms with Gasteiger partial charge in [0.05, 0.1) is 6.61 Å². The summed E-state index contributed by atoms with van der Waals surface area (Å²) >= 11 is 0. The normalized spacial score (nSPS) is 10.7. The number of ether oxygens (including phenoxy) is 1.